The average Bonchev–Trinajstić information content (AvgIpc) is 2.28. The number of aromatic amines is 1. The van der Waals surface area contributed by atoms with Gasteiger partial charge in [0.15, 0.2) is 5.43 Å². The molecule has 0 aliphatic rings. The first-order valence-electron chi connectivity index (χ1n) is 5.40. The van der Waals surface area contributed by atoms with Crippen molar-refractivity contribution in [2.24, 2.45) is 0 Å². The summed E-state index contributed by atoms with van der Waals surface area (Å²) in [6.45, 7) is 2.01. The van der Waals surface area contributed by atoms with Crippen LogP contribution in [0, 0.1) is 6.92 Å². The molecule has 0 aliphatic carbocycles. The second kappa shape index (κ2) is 3.64. The van der Waals surface area contributed by atoms with Crippen LogP contribution in [0.2, 0.25) is 0 Å². The van der Waals surface area contributed by atoms with Crippen LogP contribution in [-0.2, 0) is 0 Å². The summed E-state index contributed by atoms with van der Waals surface area (Å²) in [5.41, 5.74) is 2.92. The summed E-state index contributed by atoms with van der Waals surface area (Å²) >= 11 is 4.29. The maximum Gasteiger partial charge on any atom is 0.197 e. The van der Waals surface area contributed by atoms with E-state index in [1.54, 1.807) is 0 Å². The lowest BCUT2D eigenvalue weighted by molar-refractivity contribution is 1.40. The molecule has 84 valence electrons. The van der Waals surface area contributed by atoms with E-state index in [2.05, 4.69) is 17.6 Å². The number of pyridine rings is 1. The highest BCUT2D eigenvalue weighted by Gasteiger charge is 2.05. The van der Waals surface area contributed by atoms with Crippen LogP contribution in [0.5, 0.6) is 0 Å². The van der Waals surface area contributed by atoms with E-state index in [1.807, 2.05) is 43.3 Å². The smallest absolute Gasteiger partial charge is 0.197 e. The van der Waals surface area contributed by atoms with E-state index in [1.165, 1.54) is 0 Å². The number of rotatable bonds is 0. The Morgan fingerprint density at radius 2 is 1.65 bits per heavy atom. The van der Waals surface area contributed by atoms with Gasteiger partial charge in [-0.1, -0.05) is 6.07 Å². The first kappa shape index (κ1) is 10.4. The third-order valence-corrected chi connectivity index (χ3v) is 3.21. The van der Waals surface area contributed by atoms with Gasteiger partial charge in [-0.3, -0.25) is 4.79 Å². The van der Waals surface area contributed by atoms with Crippen molar-refractivity contribution in [3.05, 3.63) is 52.2 Å². The van der Waals surface area contributed by atoms with Crippen molar-refractivity contribution in [1.82, 2.24) is 4.98 Å². The van der Waals surface area contributed by atoms with E-state index in [0.29, 0.717) is 5.39 Å². The number of hydrogen-bond donors (Lipinski definition) is 2. The minimum atomic E-state index is 0.0714. The maximum atomic E-state index is 12.3. The van der Waals surface area contributed by atoms with Gasteiger partial charge in [-0.2, -0.15) is 0 Å². The highest BCUT2D eigenvalue weighted by molar-refractivity contribution is 7.80. The predicted molar refractivity (Wildman–Crippen MR) is 74.1 cm³/mol. The molecule has 3 aromatic rings. The Labute approximate surface area is 104 Å². The molecular weight excluding hydrogens is 230 g/mol. The molecule has 2 nitrogen and oxygen atoms in total. The third kappa shape index (κ3) is 1.63. The lowest BCUT2D eigenvalue weighted by atomic mass is 10.1. The fourth-order valence-corrected chi connectivity index (χ4v) is 2.29. The molecule has 0 amide bonds. The second-order valence-corrected chi connectivity index (χ2v) is 4.75. The van der Waals surface area contributed by atoms with Gasteiger partial charge in [-0.15, -0.1) is 12.6 Å². The van der Waals surface area contributed by atoms with Crippen LogP contribution < -0.4 is 5.43 Å². The van der Waals surface area contributed by atoms with Gasteiger partial charge in [-0.25, -0.2) is 0 Å². The molecule has 0 unspecified atom stereocenters. The molecule has 1 aromatic heterocycles. The minimum absolute atomic E-state index is 0.0714. The Bertz CT molecular complexity index is 726. The third-order valence-electron chi connectivity index (χ3n) is 2.94. The van der Waals surface area contributed by atoms with Gasteiger partial charge >= 0.3 is 0 Å². The molecule has 2 aromatic carbocycles. The summed E-state index contributed by atoms with van der Waals surface area (Å²) in [4.78, 5) is 16.4. The van der Waals surface area contributed by atoms with Gasteiger partial charge in [0.1, 0.15) is 0 Å². The van der Waals surface area contributed by atoms with Crippen LogP contribution in [0.15, 0.2) is 46.1 Å². The molecular formula is C14H11NOS. The molecule has 0 saturated heterocycles. The zero-order valence-corrected chi connectivity index (χ0v) is 10.2. The van der Waals surface area contributed by atoms with Gasteiger partial charge < -0.3 is 4.98 Å². The topological polar surface area (TPSA) is 32.9 Å². The van der Waals surface area contributed by atoms with Gasteiger partial charge in [0.2, 0.25) is 0 Å². The number of nitrogens with one attached hydrogen (secondary N) is 1. The minimum Gasteiger partial charge on any atom is -0.354 e. The summed E-state index contributed by atoms with van der Waals surface area (Å²) in [6.07, 6.45) is 0. The molecule has 17 heavy (non-hydrogen) atoms. The summed E-state index contributed by atoms with van der Waals surface area (Å²) in [5.74, 6) is 0. The van der Waals surface area contributed by atoms with Crippen molar-refractivity contribution in [1.29, 1.82) is 0 Å². The molecule has 0 bridgehead atoms. The van der Waals surface area contributed by atoms with Crippen LogP contribution in [-0.4, -0.2) is 4.98 Å². The Balaban J connectivity index is 2.57. The molecule has 0 radical (unpaired) electrons. The number of fused-ring (bicyclic) bond motifs is 2. The fraction of sp³-hybridized carbons (Fsp3) is 0.0714. The van der Waals surface area contributed by atoms with E-state index in [9.17, 15) is 4.79 Å². The van der Waals surface area contributed by atoms with Gasteiger partial charge in [0.25, 0.3) is 0 Å². The Morgan fingerprint density at radius 1 is 1.00 bits per heavy atom. The summed E-state index contributed by atoms with van der Waals surface area (Å²) < 4.78 is 0. The Hall–Kier alpha value is -1.74. The molecule has 3 heteroatoms. The van der Waals surface area contributed by atoms with Gasteiger partial charge in [-0.05, 0) is 42.8 Å². The zero-order chi connectivity index (χ0) is 12.0. The zero-order valence-electron chi connectivity index (χ0n) is 9.32. The molecule has 0 spiro atoms. The van der Waals surface area contributed by atoms with Gasteiger partial charge in [0, 0.05) is 21.2 Å². The highest BCUT2D eigenvalue weighted by Crippen LogP contribution is 2.18. The fourth-order valence-electron chi connectivity index (χ4n) is 2.08. The number of hydrogen-bond acceptors (Lipinski definition) is 2. The predicted octanol–water partition coefficient (Wildman–Crippen LogP) is 3.28. The SMILES string of the molecule is Cc1ccc2c(=O)c3ccc(S)cc3[nH]c2c1. The Morgan fingerprint density at radius 3 is 2.41 bits per heavy atom. The lowest BCUT2D eigenvalue weighted by Gasteiger charge is -2.04. The molecule has 0 fully saturated rings. The number of benzene rings is 2. The van der Waals surface area contributed by atoms with E-state index in [0.717, 1.165) is 26.9 Å². The van der Waals surface area contributed by atoms with E-state index < -0.39 is 0 Å². The number of aryl methyl sites for hydroxylation is 1. The first-order chi connectivity index (χ1) is 8.15. The van der Waals surface area contributed by atoms with E-state index in [-0.39, 0.29) is 5.43 Å². The maximum absolute atomic E-state index is 12.3. The van der Waals surface area contributed by atoms with Crippen LogP contribution in [0.4, 0.5) is 0 Å². The Kier molecular flexibility index (Phi) is 2.23. The van der Waals surface area contributed by atoms with Crippen LogP contribution in [0.25, 0.3) is 21.8 Å². The largest absolute Gasteiger partial charge is 0.354 e. The number of H-pyrrole nitrogens is 1. The lowest BCUT2D eigenvalue weighted by Crippen LogP contribution is -2.04. The summed E-state index contributed by atoms with van der Waals surface area (Å²) in [7, 11) is 0. The van der Waals surface area contributed by atoms with Crippen LogP contribution in [0.3, 0.4) is 0 Å². The molecule has 1 N–H and O–H groups in total. The number of aromatic nitrogens is 1. The molecule has 0 saturated carbocycles. The molecule has 0 atom stereocenters. The van der Waals surface area contributed by atoms with E-state index >= 15 is 0 Å². The van der Waals surface area contributed by atoms with E-state index in [4.69, 9.17) is 0 Å². The summed E-state index contributed by atoms with van der Waals surface area (Å²) in [6, 6.07) is 11.3. The van der Waals surface area contributed by atoms with Crippen LogP contribution in [0.1, 0.15) is 5.56 Å². The van der Waals surface area contributed by atoms with Crippen molar-refractivity contribution in [2.75, 3.05) is 0 Å². The normalized spacial score (nSPS) is 11.2. The highest BCUT2D eigenvalue weighted by atomic mass is 32.1. The van der Waals surface area contributed by atoms with Gasteiger partial charge in [0.05, 0.1) is 5.52 Å². The van der Waals surface area contributed by atoms with Crippen LogP contribution >= 0.6 is 12.6 Å². The second-order valence-electron chi connectivity index (χ2n) is 4.23. The molecule has 1 heterocycles. The molecule has 0 aliphatic heterocycles. The quantitative estimate of drug-likeness (QED) is 0.459. The van der Waals surface area contributed by atoms with Crippen molar-refractivity contribution in [3.8, 4) is 0 Å². The van der Waals surface area contributed by atoms with Crippen molar-refractivity contribution < 1.29 is 0 Å². The van der Waals surface area contributed by atoms with Crippen molar-refractivity contribution in [2.45, 2.75) is 11.8 Å². The number of thiol groups is 1. The van der Waals surface area contributed by atoms with Crippen molar-refractivity contribution >= 4 is 34.4 Å². The molecule has 3 rings (SSSR count). The summed E-state index contributed by atoms with van der Waals surface area (Å²) in [5, 5.41) is 1.44. The monoisotopic (exact) mass is 241 g/mol. The first-order valence-corrected chi connectivity index (χ1v) is 5.85. The average molecular weight is 241 g/mol. The van der Waals surface area contributed by atoms with Crippen molar-refractivity contribution in [3.63, 3.8) is 0 Å². The standard InChI is InChI=1S/C14H11NOS/c1-8-2-4-10-12(6-8)15-13-7-9(17)3-5-11(13)14(10)16/h2-7,17H,1H3,(H,15,16).